The Morgan fingerprint density at radius 3 is 0.913 bits per heavy atom. The molecule has 11 aromatic rings. The minimum atomic E-state index is -0.256. The Hall–Kier alpha value is -8.78. The molecule has 0 spiro atoms. The van der Waals surface area contributed by atoms with Crippen LogP contribution < -0.4 is 31.2 Å². The first-order valence-corrected chi connectivity index (χ1v) is 24.1. The molecule has 0 atom stereocenters. The third-order valence-corrected chi connectivity index (χ3v) is 14.3. The van der Waals surface area contributed by atoms with Gasteiger partial charge >= 0.3 is 0 Å². The molecule has 0 unspecified atom stereocenters. The lowest BCUT2D eigenvalue weighted by Crippen LogP contribution is -2.19. The van der Waals surface area contributed by atoms with Crippen molar-refractivity contribution in [2.75, 3.05) is 9.80 Å². The van der Waals surface area contributed by atoms with Gasteiger partial charge in [-0.3, -0.25) is 20.0 Å². The standard InChI is InChI=1S/C62H42N6S/c1-3-11-41(12-4-1)43-19-27-47(28-20-43)67(49-31-23-45(24-32-49)61-63-55-15-7-8-16-56(55)64-61)51-35-37-59-53(39-51)54-40-52(36-38-60(54)69-59)68(48-29-21-44(22-30-48)42-13-5-2-6-14-42)50-33-25-46(26-34-50)62-65-57-17-9-10-18-58(57)66-62/h1-40,61-62H. The molecule has 3 heterocycles. The van der Waals surface area contributed by atoms with Crippen LogP contribution in [0.4, 0.5) is 34.1 Å². The Kier molecular flexibility index (Phi) is 10.1. The average Bonchev–Trinajstić information content (AvgIpc) is 4.16. The highest BCUT2D eigenvalue weighted by molar-refractivity contribution is 7.25. The molecule has 1 aromatic heterocycles. The lowest BCUT2D eigenvalue weighted by atomic mass is 10.0. The number of thiophene rings is 1. The summed E-state index contributed by atoms with van der Waals surface area (Å²) < 4.78 is 2.47. The fourth-order valence-corrected chi connectivity index (χ4v) is 10.7. The Balaban J connectivity index is 0.904. The smallest absolute Gasteiger partial charge is 0.166 e. The number of benzene rings is 10. The van der Waals surface area contributed by atoms with E-state index < -0.39 is 0 Å². The summed E-state index contributed by atoms with van der Waals surface area (Å²) in [6.07, 6.45) is -0.512. The molecule has 69 heavy (non-hydrogen) atoms. The number of hydrogen-bond acceptors (Lipinski definition) is 7. The molecule has 0 bridgehead atoms. The minimum absolute atomic E-state index is 0.256. The zero-order valence-corrected chi connectivity index (χ0v) is 38.2. The molecule has 0 amide bonds. The summed E-state index contributed by atoms with van der Waals surface area (Å²) in [6.45, 7) is 0. The zero-order chi connectivity index (χ0) is 45.7. The normalized spacial score (nSPS) is 13.0. The van der Waals surface area contributed by atoms with Crippen molar-refractivity contribution in [2.45, 2.75) is 12.3 Å². The van der Waals surface area contributed by atoms with Gasteiger partial charge in [0.1, 0.15) is 0 Å². The molecule has 0 aliphatic carbocycles. The number of para-hydroxylation sites is 4. The predicted molar refractivity (Wildman–Crippen MR) is 283 cm³/mol. The van der Waals surface area contributed by atoms with Gasteiger partial charge in [0, 0.05) is 54.3 Å². The van der Waals surface area contributed by atoms with Gasteiger partial charge in [-0.15, -0.1) is 11.3 Å². The van der Waals surface area contributed by atoms with Crippen LogP contribution in [0.3, 0.4) is 0 Å². The first-order chi connectivity index (χ1) is 34.1. The summed E-state index contributed by atoms with van der Waals surface area (Å²) in [6, 6.07) is 86.3. The van der Waals surface area contributed by atoms with Crippen LogP contribution in [0.1, 0.15) is 23.5 Å². The van der Waals surface area contributed by atoms with Crippen LogP contribution in [0, 0.1) is 0 Å². The van der Waals surface area contributed by atoms with Crippen LogP contribution in [0.15, 0.2) is 263 Å². The molecule has 13 rings (SSSR count). The number of anilines is 6. The Morgan fingerprint density at radius 2 is 0.565 bits per heavy atom. The lowest BCUT2D eigenvalue weighted by Gasteiger charge is -2.27. The van der Waals surface area contributed by atoms with Crippen molar-refractivity contribution < 1.29 is 0 Å². The van der Waals surface area contributed by atoms with Crippen molar-refractivity contribution in [3.63, 3.8) is 0 Å². The lowest BCUT2D eigenvalue weighted by molar-refractivity contribution is 0.771. The number of nitrogens with zero attached hydrogens (tertiary/aromatic N) is 6. The van der Waals surface area contributed by atoms with Crippen molar-refractivity contribution in [1.82, 2.24) is 0 Å². The van der Waals surface area contributed by atoms with E-state index in [0.29, 0.717) is 0 Å². The molecule has 0 radical (unpaired) electrons. The molecule has 2 aliphatic rings. The highest BCUT2D eigenvalue weighted by Crippen LogP contribution is 2.44. The molecule has 326 valence electrons. The summed E-state index contributed by atoms with van der Waals surface area (Å²) >= 11 is 1.83. The molecule has 0 fully saturated rings. The third-order valence-electron chi connectivity index (χ3n) is 13.1. The van der Waals surface area contributed by atoms with E-state index in [2.05, 4.69) is 204 Å². The van der Waals surface area contributed by atoms with Gasteiger partial charge in [0.25, 0.3) is 0 Å². The van der Waals surface area contributed by atoms with E-state index in [-0.39, 0.29) is 12.3 Å². The molecule has 0 saturated carbocycles. The van der Waals surface area contributed by atoms with Crippen molar-refractivity contribution >= 4 is 65.6 Å². The maximum absolute atomic E-state index is 4.92. The van der Waals surface area contributed by atoms with E-state index in [4.69, 9.17) is 20.0 Å². The highest BCUT2D eigenvalue weighted by atomic mass is 32.1. The van der Waals surface area contributed by atoms with E-state index in [1.807, 2.05) is 59.9 Å². The van der Waals surface area contributed by atoms with Crippen LogP contribution in [0.25, 0.3) is 42.4 Å². The first kappa shape index (κ1) is 40.5. The number of fused-ring (bicyclic) bond motifs is 5. The monoisotopic (exact) mass is 902 g/mol. The second-order valence-electron chi connectivity index (χ2n) is 17.4. The van der Waals surface area contributed by atoms with E-state index in [9.17, 15) is 0 Å². The molecular weight excluding hydrogens is 861 g/mol. The van der Waals surface area contributed by atoms with Gasteiger partial charge in [0.15, 0.2) is 12.3 Å². The predicted octanol–water partition coefficient (Wildman–Crippen LogP) is 14.2. The van der Waals surface area contributed by atoms with Gasteiger partial charge in [-0.25, -0.2) is 0 Å². The zero-order valence-electron chi connectivity index (χ0n) is 37.3. The Bertz CT molecular complexity index is 3620. The quantitative estimate of drug-likeness (QED) is 0.137. The van der Waals surface area contributed by atoms with Crippen molar-refractivity contribution in [1.29, 1.82) is 0 Å². The van der Waals surface area contributed by atoms with E-state index in [1.165, 1.54) is 42.4 Å². The van der Waals surface area contributed by atoms with Gasteiger partial charge in [0.05, 0.1) is 21.4 Å². The summed E-state index contributed by atoms with van der Waals surface area (Å²) in [5.41, 5.74) is 13.2. The molecule has 0 N–H and O–H groups in total. The van der Waals surface area contributed by atoms with Crippen LogP contribution >= 0.6 is 11.3 Å². The Morgan fingerprint density at radius 1 is 0.275 bits per heavy atom. The maximum Gasteiger partial charge on any atom is 0.166 e. The summed E-state index contributed by atoms with van der Waals surface area (Å²) in [5.74, 6) is 0. The van der Waals surface area contributed by atoms with Gasteiger partial charge < -0.3 is 9.80 Å². The summed E-state index contributed by atoms with van der Waals surface area (Å²) in [7, 11) is 0. The first-order valence-electron chi connectivity index (χ1n) is 23.2. The maximum atomic E-state index is 4.92. The molecule has 10 aromatic carbocycles. The second-order valence-corrected chi connectivity index (χ2v) is 18.5. The topological polar surface area (TPSA) is 55.9 Å². The van der Waals surface area contributed by atoms with Crippen LogP contribution in [0.5, 0.6) is 0 Å². The van der Waals surface area contributed by atoms with Crippen molar-refractivity contribution in [3.05, 3.63) is 275 Å². The average molecular weight is 903 g/mol. The largest absolute Gasteiger partial charge is 0.310 e. The summed E-state index contributed by atoms with van der Waals surface area (Å²) in [5, 5.41) is 6.16. The number of hydrogen-bond donors (Lipinski definition) is 0. The van der Waals surface area contributed by atoms with E-state index >= 15 is 0 Å². The van der Waals surface area contributed by atoms with Crippen molar-refractivity contribution in [3.8, 4) is 22.3 Å². The van der Waals surface area contributed by atoms with Gasteiger partial charge in [-0.1, -0.05) is 133 Å². The van der Waals surface area contributed by atoms with Gasteiger partial charge in [0.2, 0.25) is 0 Å². The molecular formula is C62H42N6S. The molecule has 0 saturated heterocycles. The van der Waals surface area contributed by atoms with Crippen LogP contribution in [0.2, 0.25) is 0 Å². The van der Waals surface area contributed by atoms with Gasteiger partial charge in [-0.05, 0) is 143 Å². The second kappa shape index (κ2) is 17.1. The van der Waals surface area contributed by atoms with Crippen LogP contribution in [-0.2, 0) is 0 Å². The fourth-order valence-electron chi connectivity index (χ4n) is 9.63. The van der Waals surface area contributed by atoms with Crippen molar-refractivity contribution in [2.24, 2.45) is 20.0 Å². The number of rotatable bonds is 10. The summed E-state index contributed by atoms with van der Waals surface area (Å²) in [4.78, 5) is 24.4. The Labute approximate surface area is 403 Å². The molecule has 2 aliphatic heterocycles. The van der Waals surface area contributed by atoms with E-state index in [0.717, 1.165) is 66.7 Å². The van der Waals surface area contributed by atoms with Crippen LogP contribution in [-0.4, -0.2) is 0 Å². The molecule has 6 nitrogen and oxygen atoms in total. The minimum Gasteiger partial charge on any atom is -0.310 e. The third kappa shape index (κ3) is 7.65. The van der Waals surface area contributed by atoms with Gasteiger partial charge in [-0.2, -0.15) is 0 Å². The SMILES string of the molecule is c1ccc(-c2ccc(N(c3ccc(C4N=c5ccccc5=N4)cc3)c3ccc4sc5ccc(N(c6ccc(-c7ccccc7)cc6)c6ccc(C7N=c8ccccc8=N7)cc6)cc5c4c3)cc2)cc1. The fraction of sp³-hybridized carbons (Fsp3) is 0.0323. The molecule has 7 heteroatoms. The van der Waals surface area contributed by atoms with E-state index in [1.54, 1.807) is 0 Å². The highest BCUT2D eigenvalue weighted by Gasteiger charge is 2.21.